The predicted octanol–water partition coefficient (Wildman–Crippen LogP) is -0.882. The van der Waals surface area contributed by atoms with E-state index in [1.807, 2.05) is 0 Å². The average molecular weight is 128 g/mol. The molecule has 5 nitrogen and oxygen atoms in total. The van der Waals surface area contributed by atoms with Crippen LogP contribution >= 0.6 is 0 Å². The van der Waals surface area contributed by atoms with Crippen molar-refractivity contribution in [3.8, 4) is 0 Å². The van der Waals surface area contributed by atoms with Crippen molar-refractivity contribution in [2.24, 2.45) is 5.73 Å². The Labute approximate surface area is 51.3 Å². The first kappa shape index (κ1) is 6.03. The van der Waals surface area contributed by atoms with Gasteiger partial charge in [-0.05, 0) is 6.92 Å². The van der Waals surface area contributed by atoms with E-state index in [9.17, 15) is 4.79 Å². The van der Waals surface area contributed by atoms with Crippen LogP contribution in [-0.4, -0.2) is 15.2 Å². The Morgan fingerprint density at radius 1 is 1.78 bits per heavy atom. The van der Waals surface area contributed by atoms with E-state index in [1.165, 1.54) is 0 Å². The molecule has 0 aliphatic carbocycles. The molecule has 0 fully saturated rings. The largest absolute Gasteiger partial charge is 0.340 e. The van der Waals surface area contributed by atoms with E-state index in [-0.39, 0.29) is 11.7 Å². The summed E-state index contributed by atoms with van der Waals surface area (Å²) in [6, 6.07) is -0.219. The molecule has 0 aromatic carbocycles. The van der Waals surface area contributed by atoms with Gasteiger partial charge in [0.2, 0.25) is 0 Å². The number of aromatic nitrogens is 3. The fourth-order valence-electron chi connectivity index (χ4n) is 0.499. The first-order valence-corrected chi connectivity index (χ1v) is 2.60. The van der Waals surface area contributed by atoms with Crippen LogP contribution in [-0.2, 0) is 0 Å². The zero-order valence-electron chi connectivity index (χ0n) is 5.01. The van der Waals surface area contributed by atoms with Crippen molar-refractivity contribution in [2.75, 3.05) is 0 Å². The summed E-state index contributed by atoms with van der Waals surface area (Å²) in [7, 11) is 0. The Morgan fingerprint density at radius 2 is 2.44 bits per heavy atom. The number of aromatic amines is 2. The molecule has 0 aliphatic heterocycles. The van der Waals surface area contributed by atoms with Gasteiger partial charge in [0.05, 0.1) is 6.04 Å². The first-order valence-electron chi connectivity index (χ1n) is 2.60. The highest BCUT2D eigenvalue weighted by molar-refractivity contribution is 4.86. The number of H-pyrrole nitrogens is 2. The maximum Gasteiger partial charge on any atom is 0.340 e. The van der Waals surface area contributed by atoms with Gasteiger partial charge in [0.15, 0.2) is 0 Å². The van der Waals surface area contributed by atoms with Crippen LogP contribution in [0, 0.1) is 0 Å². The lowest BCUT2D eigenvalue weighted by molar-refractivity contribution is 0.745. The number of nitrogens with zero attached hydrogens (tertiary/aromatic N) is 1. The maximum absolute atomic E-state index is 10.4. The van der Waals surface area contributed by atoms with Crippen LogP contribution in [0.1, 0.15) is 18.8 Å². The highest BCUT2D eigenvalue weighted by Gasteiger charge is 2.01. The normalized spacial score (nSPS) is 13.6. The zero-order chi connectivity index (χ0) is 6.85. The summed E-state index contributed by atoms with van der Waals surface area (Å²) in [4.78, 5) is 12.8. The summed E-state index contributed by atoms with van der Waals surface area (Å²) >= 11 is 0. The lowest BCUT2D eigenvalue weighted by Crippen LogP contribution is -2.08. The Balaban J connectivity index is 2.98. The Morgan fingerprint density at radius 3 is 2.67 bits per heavy atom. The van der Waals surface area contributed by atoms with Crippen molar-refractivity contribution in [3.05, 3.63) is 16.3 Å². The van der Waals surface area contributed by atoms with E-state index in [0.717, 1.165) is 0 Å². The summed E-state index contributed by atoms with van der Waals surface area (Å²) in [6.45, 7) is 1.74. The zero-order valence-corrected chi connectivity index (χ0v) is 5.01. The van der Waals surface area contributed by atoms with Gasteiger partial charge in [0, 0.05) is 0 Å². The van der Waals surface area contributed by atoms with Gasteiger partial charge in [-0.15, -0.1) is 0 Å². The predicted molar refractivity (Wildman–Crippen MR) is 31.8 cm³/mol. The van der Waals surface area contributed by atoms with Gasteiger partial charge in [-0.2, -0.15) is 5.10 Å². The van der Waals surface area contributed by atoms with Crippen molar-refractivity contribution in [2.45, 2.75) is 13.0 Å². The van der Waals surface area contributed by atoms with Crippen LogP contribution in [0.4, 0.5) is 0 Å². The number of hydrogen-bond donors (Lipinski definition) is 3. The van der Waals surface area contributed by atoms with E-state index < -0.39 is 0 Å². The molecule has 0 saturated carbocycles. The third-order valence-electron chi connectivity index (χ3n) is 0.951. The third kappa shape index (κ3) is 1.17. The SMILES string of the molecule is C[C@H](N)c1n[nH]c(=O)[nH]1. The first-order chi connectivity index (χ1) is 4.20. The molecule has 9 heavy (non-hydrogen) atoms. The molecule has 5 heteroatoms. The van der Waals surface area contributed by atoms with Crippen molar-refractivity contribution < 1.29 is 0 Å². The molecule has 0 bridgehead atoms. The summed E-state index contributed by atoms with van der Waals surface area (Å²) in [5, 5.41) is 5.81. The summed E-state index contributed by atoms with van der Waals surface area (Å²) in [6.07, 6.45) is 0. The molecule has 0 saturated heterocycles. The van der Waals surface area contributed by atoms with Crippen LogP contribution in [0.3, 0.4) is 0 Å². The van der Waals surface area contributed by atoms with Gasteiger partial charge < -0.3 is 5.73 Å². The lowest BCUT2D eigenvalue weighted by Gasteiger charge is -1.94. The summed E-state index contributed by atoms with van der Waals surface area (Å²) < 4.78 is 0. The van der Waals surface area contributed by atoms with Crippen LogP contribution in [0.25, 0.3) is 0 Å². The second-order valence-electron chi connectivity index (χ2n) is 1.85. The molecule has 0 unspecified atom stereocenters. The van der Waals surface area contributed by atoms with Crippen LogP contribution in [0.15, 0.2) is 4.79 Å². The van der Waals surface area contributed by atoms with E-state index in [4.69, 9.17) is 5.73 Å². The van der Waals surface area contributed by atoms with E-state index in [1.54, 1.807) is 6.92 Å². The minimum atomic E-state index is -0.317. The summed E-state index contributed by atoms with van der Waals surface area (Å²) in [5.41, 5.74) is 5.06. The second kappa shape index (κ2) is 2.02. The molecule has 1 heterocycles. The molecule has 1 rings (SSSR count). The van der Waals surface area contributed by atoms with Gasteiger partial charge in [0.1, 0.15) is 5.82 Å². The monoisotopic (exact) mass is 128 g/mol. The molecule has 0 aliphatic rings. The van der Waals surface area contributed by atoms with Crippen molar-refractivity contribution in [1.82, 2.24) is 15.2 Å². The number of nitrogens with one attached hydrogen (secondary N) is 2. The maximum atomic E-state index is 10.4. The standard InChI is InChI=1S/C4H8N4O/c1-2(5)3-6-4(9)8-7-3/h2H,5H2,1H3,(H2,6,7,8,9)/t2-/m0/s1. The highest BCUT2D eigenvalue weighted by atomic mass is 16.1. The number of rotatable bonds is 1. The molecule has 1 aromatic rings. The van der Waals surface area contributed by atoms with Crippen LogP contribution < -0.4 is 11.4 Å². The quantitative estimate of drug-likeness (QED) is 0.458. The van der Waals surface area contributed by atoms with E-state index >= 15 is 0 Å². The smallest absolute Gasteiger partial charge is 0.322 e. The third-order valence-corrected chi connectivity index (χ3v) is 0.951. The van der Waals surface area contributed by atoms with Gasteiger partial charge in [-0.1, -0.05) is 0 Å². The molecule has 1 atom stereocenters. The molecule has 0 amide bonds. The fraction of sp³-hybridized carbons (Fsp3) is 0.500. The molecule has 4 N–H and O–H groups in total. The van der Waals surface area contributed by atoms with E-state index in [2.05, 4.69) is 15.2 Å². The van der Waals surface area contributed by atoms with Crippen molar-refractivity contribution in [3.63, 3.8) is 0 Å². The molecule has 0 spiro atoms. The Kier molecular flexibility index (Phi) is 1.35. The van der Waals surface area contributed by atoms with Gasteiger partial charge >= 0.3 is 5.69 Å². The number of nitrogens with two attached hydrogens (primary N) is 1. The van der Waals surface area contributed by atoms with Crippen LogP contribution in [0.5, 0.6) is 0 Å². The second-order valence-corrected chi connectivity index (χ2v) is 1.85. The van der Waals surface area contributed by atoms with Gasteiger partial charge in [-0.3, -0.25) is 4.98 Å². The average Bonchev–Trinajstić information content (AvgIpc) is 2.14. The van der Waals surface area contributed by atoms with E-state index in [0.29, 0.717) is 5.82 Å². The molecule has 1 aromatic heterocycles. The van der Waals surface area contributed by atoms with Gasteiger partial charge in [0.25, 0.3) is 0 Å². The minimum Gasteiger partial charge on any atom is -0.322 e. The fourth-order valence-corrected chi connectivity index (χ4v) is 0.499. The lowest BCUT2D eigenvalue weighted by atomic mass is 10.4. The Hall–Kier alpha value is -1.10. The summed E-state index contributed by atoms with van der Waals surface area (Å²) in [5.74, 6) is 0.486. The molecular formula is C4H8N4O. The van der Waals surface area contributed by atoms with Gasteiger partial charge in [-0.25, -0.2) is 9.89 Å². The minimum absolute atomic E-state index is 0.219. The molecule has 50 valence electrons. The Bertz CT molecular complexity index is 235. The topological polar surface area (TPSA) is 87.6 Å². The van der Waals surface area contributed by atoms with Crippen LogP contribution in [0.2, 0.25) is 0 Å². The molecule has 0 radical (unpaired) electrons. The van der Waals surface area contributed by atoms with Crippen molar-refractivity contribution >= 4 is 0 Å². The number of hydrogen-bond acceptors (Lipinski definition) is 3. The van der Waals surface area contributed by atoms with Crippen molar-refractivity contribution in [1.29, 1.82) is 0 Å². The highest BCUT2D eigenvalue weighted by Crippen LogP contribution is 1.94. The molecular weight excluding hydrogens is 120 g/mol.